The lowest BCUT2D eigenvalue weighted by Gasteiger charge is -2.18. The molecule has 6 heteroatoms. The summed E-state index contributed by atoms with van der Waals surface area (Å²) in [6.45, 7) is 3.67. The molecule has 0 fully saturated rings. The van der Waals surface area contributed by atoms with Crippen molar-refractivity contribution in [3.8, 4) is 5.69 Å². The van der Waals surface area contributed by atoms with Gasteiger partial charge < -0.3 is 10.4 Å². The lowest BCUT2D eigenvalue weighted by atomic mass is 9.90. The van der Waals surface area contributed by atoms with Gasteiger partial charge in [0.1, 0.15) is 0 Å². The summed E-state index contributed by atoms with van der Waals surface area (Å²) in [6, 6.07) is 9.77. The van der Waals surface area contributed by atoms with E-state index in [0.29, 0.717) is 25.8 Å². The topological polar surface area (TPSA) is 84.2 Å². The summed E-state index contributed by atoms with van der Waals surface area (Å²) in [5.41, 5.74) is 1.13. The van der Waals surface area contributed by atoms with Gasteiger partial charge in [-0.25, -0.2) is 4.68 Å². The van der Waals surface area contributed by atoms with E-state index in [1.165, 1.54) is 0 Å². The molecule has 1 heterocycles. The SMILES string of the molecule is CC(C)(CCNC(=O)CCc1cnn(-c2ccccc2)c1)C(=O)O. The minimum absolute atomic E-state index is 0.0800. The highest BCUT2D eigenvalue weighted by atomic mass is 16.4. The zero-order valence-corrected chi connectivity index (χ0v) is 14.0. The van der Waals surface area contributed by atoms with Crippen molar-refractivity contribution in [2.75, 3.05) is 6.54 Å². The molecule has 2 N–H and O–H groups in total. The van der Waals surface area contributed by atoms with Crippen LogP contribution in [0.1, 0.15) is 32.3 Å². The molecular formula is C18H23N3O3. The van der Waals surface area contributed by atoms with Crippen LogP contribution in [0.15, 0.2) is 42.7 Å². The summed E-state index contributed by atoms with van der Waals surface area (Å²) in [5, 5.41) is 16.1. The summed E-state index contributed by atoms with van der Waals surface area (Å²) >= 11 is 0. The summed E-state index contributed by atoms with van der Waals surface area (Å²) in [5.74, 6) is -0.936. The molecule has 0 radical (unpaired) electrons. The molecule has 0 unspecified atom stereocenters. The van der Waals surface area contributed by atoms with Crippen LogP contribution >= 0.6 is 0 Å². The number of hydrogen-bond acceptors (Lipinski definition) is 3. The van der Waals surface area contributed by atoms with Crippen LogP contribution in [-0.4, -0.2) is 33.3 Å². The van der Waals surface area contributed by atoms with Crippen LogP contribution in [0.5, 0.6) is 0 Å². The van der Waals surface area contributed by atoms with Crippen LogP contribution in [0, 0.1) is 5.41 Å². The summed E-state index contributed by atoms with van der Waals surface area (Å²) in [6.07, 6.45) is 5.03. The van der Waals surface area contributed by atoms with Crippen LogP contribution in [0.25, 0.3) is 5.69 Å². The van der Waals surface area contributed by atoms with Gasteiger partial charge in [-0.05, 0) is 44.4 Å². The number of carboxylic acid groups (broad SMARTS) is 1. The van der Waals surface area contributed by atoms with Crippen LogP contribution in [0.4, 0.5) is 0 Å². The third-order valence-corrected chi connectivity index (χ3v) is 3.95. The van der Waals surface area contributed by atoms with E-state index in [1.54, 1.807) is 24.7 Å². The number of carbonyl (C=O) groups excluding carboxylic acids is 1. The van der Waals surface area contributed by atoms with Gasteiger partial charge in [-0.2, -0.15) is 5.10 Å². The Hall–Kier alpha value is -2.63. The molecule has 2 aromatic rings. The molecule has 0 bridgehead atoms. The number of rotatable bonds is 8. The number of nitrogens with one attached hydrogen (secondary N) is 1. The van der Waals surface area contributed by atoms with Crippen molar-refractivity contribution in [3.05, 3.63) is 48.3 Å². The number of amides is 1. The Labute approximate surface area is 141 Å². The molecule has 0 saturated carbocycles. The molecule has 0 aliphatic rings. The van der Waals surface area contributed by atoms with E-state index < -0.39 is 11.4 Å². The maximum Gasteiger partial charge on any atom is 0.309 e. The average molecular weight is 329 g/mol. The van der Waals surface area contributed by atoms with E-state index in [1.807, 2.05) is 36.5 Å². The zero-order chi connectivity index (χ0) is 17.6. The maximum atomic E-state index is 11.9. The number of aryl methyl sites for hydroxylation is 1. The molecule has 0 saturated heterocycles. The number of para-hydroxylation sites is 1. The highest BCUT2D eigenvalue weighted by molar-refractivity contribution is 5.76. The van der Waals surface area contributed by atoms with Gasteiger partial charge in [0.2, 0.25) is 5.91 Å². The summed E-state index contributed by atoms with van der Waals surface area (Å²) in [7, 11) is 0. The van der Waals surface area contributed by atoms with Gasteiger partial charge in [-0.1, -0.05) is 18.2 Å². The zero-order valence-electron chi connectivity index (χ0n) is 14.0. The Bertz CT molecular complexity index is 693. The first-order valence-corrected chi connectivity index (χ1v) is 7.97. The van der Waals surface area contributed by atoms with Crippen LogP contribution in [0.2, 0.25) is 0 Å². The van der Waals surface area contributed by atoms with Gasteiger partial charge in [-0.15, -0.1) is 0 Å². The second-order valence-corrected chi connectivity index (χ2v) is 6.42. The second-order valence-electron chi connectivity index (χ2n) is 6.42. The van der Waals surface area contributed by atoms with Gasteiger partial charge in [0.15, 0.2) is 0 Å². The monoisotopic (exact) mass is 329 g/mol. The van der Waals surface area contributed by atoms with E-state index in [4.69, 9.17) is 5.11 Å². The fourth-order valence-corrected chi connectivity index (χ4v) is 2.18. The third-order valence-electron chi connectivity index (χ3n) is 3.95. The Kier molecular flexibility index (Phi) is 5.73. The average Bonchev–Trinajstić information content (AvgIpc) is 3.02. The van der Waals surface area contributed by atoms with E-state index in [9.17, 15) is 9.59 Å². The molecule has 2 rings (SSSR count). The van der Waals surface area contributed by atoms with Gasteiger partial charge in [0.05, 0.1) is 17.3 Å². The lowest BCUT2D eigenvalue weighted by molar-refractivity contribution is -0.147. The molecule has 1 amide bonds. The molecule has 24 heavy (non-hydrogen) atoms. The number of hydrogen-bond donors (Lipinski definition) is 2. The molecule has 0 spiro atoms. The fraction of sp³-hybridized carbons (Fsp3) is 0.389. The van der Waals surface area contributed by atoms with Gasteiger partial charge >= 0.3 is 5.97 Å². The van der Waals surface area contributed by atoms with Crippen molar-refractivity contribution in [2.24, 2.45) is 5.41 Å². The first-order chi connectivity index (χ1) is 11.4. The quantitative estimate of drug-likeness (QED) is 0.779. The van der Waals surface area contributed by atoms with Crippen molar-refractivity contribution >= 4 is 11.9 Å². The van der Waals surface area contributed by atoms with E-state index >= 15 is 0 Å². The molecule has 0 atom stereocenters. The van der Waals surface area contributed by atoms with Crippen molar-refractivity contribution < 1.29 is 14.7 Å². The minimum Gasteiger partial charge on any atom is -0.481 e. The highest BCUT2D eigenvalue weighted by Gasteiger charge is 2.26. The largest absolute Gasteiger partial charge is 0.481 e. The van der Waals surface area contributed by atoms with Crippen molar-refractivity contribution in [1.29, 1.82) is 0 Å². The Morgan fingerprint density at radius 1 is 1.25 bits per heavy atom. The number of aliphatic carboxylic acids is 1. The summed E-state index contributed by atoms with van der Waals surface area (Å²) < 4.78 is 1.78. The van der Waals surface area contributed by atoms with Crippen LogP contribution < -0.4 is 5.32 Å². The molecule has 1 aromatic heterocycles. The fourth-order valence-electron chi connectivity index (χ4n) is 2.18. The van der Waals surface area contributed by atoms with Crippen LogP contribution in [0.3, 0.4) is 0 Å². The predicted molar refractivity (Wildman–Crippen MR) is 90.9 cm³/mol. The van der Waals surface area contributed by atoms with Crippen molar-refractivity contribution in [2.45, 2.75) is 33.1 Å². The van der Waals surface area contributed by atoms with Crippen LogP contribution in [-0.2, 0) is 16.0 Å². The highest BCUT2D eigenvalue weighted by Crippen LogP contribution is 2.19. The minimum atomic E-state index is -0.856. The van der Waals surface area contributed by atoms with Crippen molar-refractivity contribution in [3.63, 3.8) is 0 Å². The Morgan fingerprint density at radius 3 is 2.62 bits per heavy atom. The number of carboxylic acids is 1. The van der Waals surface area contributed by atoms with Gasteiger partial charge in [0.25, 0.3) is 0 Å². The number of carbonyl (C=O) groups is 2. The van der Waals surface area contributed by atoms with E-state index in [2.05, 4.69) is 10.4 Å². The van der Waals surface area contributed by atoms with E-state index in [-0.39, 0.29) is 5.91 Å². The Morgan fingerprint density at radius 2 is 1.96 bits per heavy atom. The standard InChI is InChI=1S/C18H23N3O3/c1-18(2,17(23)24)10-11-19-16(22)9-8-14-12-20-21(13-14)15-6-4-3-5-7-15/h3-7,12-13H,8-11H2,1-2H3,(H,19,22)(H,23,24). The van der Waals surface area contributed by atoms with Gasteiger partial charge in [-0.3, -0.25) is 9.59 Å². The predicted octanol–water partition coefficient (Wildman–Crippen LogP) is 2.42. The van der Waals surface area contributed by atoms with Crippen molar-refractivity contribution in [1.82, 2.24) is 15.1 Å². The number of aromatic nitrogens is 2. The smallest absolute Gasteiger partial charge is 0.309 e. The number of nitrogens with zero attached hydrogens (tertiary/aromatic N) is 2. The third kappa shape index (κ3) is 4.94. The molecule has 128 valence electrons. The Balaban J connectivity index is 1.77. The second kappa shape index (κ2) is 7.77. The lowest BCUT2D eigenvalue weighted by Crippen LogP contribution is -2.32. The molecule has 1 aromatic carbocycles. The number of benzene rings is 1. The normalized spacial score (nSPS) is 11.2. The first kappa shape index (κ1) is 17.7. The molecule has 0 aliphatic heterocycles. The molecule has 0 aliphatic carbocycles. The summed E-state index contributed by atoms with van der Waals surface area (Å²) in [4.78, 5) is 22.9. The van der Waals surface area contributed by atoms with E-state index in [0.717, 1.165) is 11.3 Å². The maximum absolute atomic E-state index is 11.9. The molecular weight excluding hydrogens is 306 g/mol. The first-order valence-electron chi connectivity index (χ1n) is 7.97. The molecule has 6 nitrogen and oxygen atoms in total. The van der Waals surface area contributed by atoms with Gasteiger partial charge in [0, 0.05) is 19.2 Å².